The first kappa shape index (κ1) is 20.5. The lowest BCUT2D eigenvalue weighted by Gasteiger charge is -2.06. The first-order valence-electron chi connectivity index (χ1n) is 8.99. The van der Waals surface area contributed by atoms with Gasteiger partial charge < -0.3 is 4.57 Å². The summed E-state index contributed by atoms with van der Waals surface area (Å²) in [7, 11) is 0. The second-order valence-corrected chi connectivity index (χ2v) is 6.67. The Hall–Kier alpha value is -3.75. The maximum Gasteiger partial charge on any atom is 0.200 e. The van der Waals surface area contributed by atoms with Crippen LogP contribution in [0.2, 0.25) is 0 Å². The fourth-order valence-electron chi connectivity index (χ4n) is 3.16. The van der Waals surface area contributed by atoms with Gasteiger partial charge in [-0.25, -0.2) is 26.3 Å². The zero-order valence-electron chi connectivity index (χ0n) is 15.6. The summed E-state index contributed by atoms with van der Waals surface area (Å²) in [4.78, 5) is 0. The van der Waals surface area contributed by atoms with Crippen molar-refractivity contribution < 1.29 is 26.3 Å². The minimum Gasteiger partial charge on any atom is -0.342 e. The van der Waals surface area contributed by atoms with Crippen LogP contribution in [-0.4, -0.2) is 10.8 Å². The zero-order valence-corrected chi connectivity index (χ0v) is 15.6. The molecular weight excluding hydrogens is 420 g/mol. The summed E-state index contributed by atoms with van der Waals surface area (Å²) < 4.78 is 82.3. The average Bonchev–Trinajstić information content (AvgIpc) is 3.12. The molecule has 0 spiro atoms. The van der Waals surface area contributed by atoms with Crippen LogP contribution in [0.25, 0.3) is 10.9 Å². The molecule has 0 unspecified atom stereocenters. The van der Waals surface area contributed by atoms with Crippen molar-refractivity contribution in [3.8, 4) is 0 Å². The summed E-state index contributed by atoms with van der Waals surface area (Å²) in [5.41, 5.74) is 2.83. The summed E-state index contributed by atoms with van der Waals surface area (Å²) in [5.74, 6) is -10.7. The monoisotopic (exact) mass is 433 g/mol. The van der Waals surface area contributed by atoms with Gasteiger partial charge in [-0.1, -0.05) is 30.3 Å². The van der Waals surface area contributed by atoms with Crippen molar-refractivity contribution in [2.45, 2.75) is 6.54 Å². The molecule has 0 amide bonds. The summed E-state index contributed by atoms with van der Waals surface area (Å²) >= 11 is 0. The van der Waals surface area contributed by atoms with Crippen molar-refractivity contribution in [2.24, 2.45) is 5.10 Å². The van der Waals surface area contributed by atoms with E-state index in [-0.39, 0.29) is 5.82 Å². The first-order chi connectivity index (χ1) is 14.9. The van der Waals surface area contributed by atoms with Crippen LogP contribution in [0.3, 0.4) is 0 Å². The Morgan fingerprint density at radius 1 is 0.774 bits per heavy atom. The summed E-state index contributed by atoms with van der Waals surface area (Å²) in [6.07, 6.45) is 2.92. The molecular formula is C22H13F6N3. The van der Waals surface area contributed by atoms with Crippen LogP contribution >= 0.6 is 0 Å². The van der Waals surface area contributed by atoms with E-state index in [1.165, 1.54) is 18.3 Å². The van der Waals surface area contributed by atoms with E-state index in [9.17, 15) is 26.3 Å². The van der Waals surface area contributed by atoms with E-state index < -0.39 is 34.8 Å². The van der Waals surface area contributed by atoms with Crippen molar-refractivity contribution in [2.75, 3.05) is 5.43 Å². The molecule has 1 aromatic heterocycles. The molecule has 0 aliphatic heterocycles. The Kier molecular flexibility index (Phi) is 5.41. The fourth-order valence-corrected chi connectivity index (χ4v) is 3.16. The highest BCUT2D eigenvalue weighted by atomic mass is 19.2. The molecule has 3 nitrogen and oxygen atoms in total. The maximum atomic E-state index is 13.8. The number of fused-ring (bicyclic) bond motifs is 1. The van der Waals surface area contributed by atoms with Gasteiger partial charge in [0.1, 0.15) is 11.5 Å². The molecule has 0 radical (unpaired) electrons. The number of rotatable bonds is 5. The summed E-state index contributed by atoms with van der Waals surface area (Å²) in [5, 5.41) is 4.40. The fraction of sp³-hybridized carbons (Fsp3) is 0.0455. The normalized spacial score (nSPS) is 11.5. The molecule has 0 aliphatic rings. The SMILES string of the molecule is Fc1ccc(Cn2cc(/C=N\Nc3c(F)c(F)c(F)c(F)c3F)c3ccccc32)cc1. The van der Waals surface area contributed by atoms with Gasteiger partial charge in [0, 0.05) is 29.2 Å². The van der Waals surface area contributed by atoms with Gasteiger partial charge >= 0.3 is 0 Å². The molecule has 0 atom stereocenters. The van der Waals surface area contributed by atoms with Crippen molar-refractivity contribution in [1.82, 2.24) is 4.57 Å². The van der Waals surface area contributed by atoms with Crippen molar-refractivity contribution >= 4 is 22.8 Å². The van der Waals surface area contributed by atoms with Gasteiger partial charge in [-0.2, -0.15) is 5.10 Å². The van der Waals surface area contributed by atoms with Crippen LogP contribution in [-0.2, 0) is 6.54 Å². The Labute approximate surface area is 172 Å². The van der Waals surface area contributed by atoms with Crippen LogP contribution < -0.4 is 5.43 Å². The third kappa shape index (κ3) is 3.86. The van der Waals surface area contributed by atoms with Gasteiger partial charge in [0.25, 0.3) is 0 Å². The first-order valence-corrected chi connectivity index (χ1v) is 8.99. The van der Waals surface area contributed by atoms with E-state index >= 15 is 0 Å². The zero-order chi connectivity index (χ0) is 22.1. The van der Waals surface area contributed by atoms with Gasteiger partial charge in [-0.05, 0) is 23.8 Å². The van der Waals surface area contributed by atoms with Crippen LogP contribution in [0.15, 0.2) is 59.8 Å². The number of aromatic nitrogens is 1. The molecule has 158 valence electrons. The number of anilines is 1. The van der Waals surface area contributed by atoms with Crippen LogP contribution in [0, 0.1) is 34.9 Å². The minimum atomic E-state index is -2.24. The Bertz CT molecular complexity index is 1270. The Balaban J connectivity index is 1.65. The summed E-state index contributed by atoms with van der Waals surface area (Å²) in [6, 6.07) is 13.2. The van der Waals surface area contributed by atoms with Crippen LogP contribution in [0.5, 0.6) is 0 Å². The number of hydrogen-bond donors (Lipinski definition) is 1. The number of nitrogens with one attached hydrogen (secondary N) is 1. The Morgan fingerprint density at radius 3 is 2.06 bits per heavy atom. The van der Waals surface area contributed by atoms with Crippen molar-refractivity contribution in [3.63, 3.8) is 0 Å². The molecule has 9 heteroatoms. The lowest BCUT2D eigenvalue weighted by Crippen LogP contribution is -2.06. The number of nitrogens with zero attached hydrogens (tertiary/aromatic N) is 2. The van der Waals surface area contributed by atoms with E-state index in [2.05, 4.69) is 5.10 Å². The molecule has 1 N–H and O–H groups in total. The van der Waals surface area contributed by atoms with Gasteiger partial charge in [0.15, 0.2) is 23.3 Å². The minimum absolute atomic E-state index is 0.354. The quantitative estimate of drug-likeness (QED) is 0.136. The molecule has 0 saturated heterocycles. The molecule has 1 heterocycles. The molecule has 3 aromatic carbocycles. The number of halogens is 6. The van der Waals surface area contributed by atoms with Gasteiger partial charge in [0.05, 0.1) is 6.21 Å². The van der Waals surface area contributed by atoms with E-state index in [1.54, 1.807) is 30.5 Å². The molecule has 0 fully saturated rings. The molecule has 0 aliphatic carbocycles. The lowest BCUT2D eigenvalue weighted by atomic mass is 10.2. The van der Waals surface area contributed by atoms with E-state index in [1.807, 2.05) is 22.1 Å². The molecule has 0 bridgehead atoms. The third-order valence-electron chi connectivity index (χ3n) is 4.68. The lowest BCUT2D eigenvalue weighted by molar-refractivity contribution is 0.381. The molecule has 4 rings (SSSR count). The van der Waals surface area contributed by atoms with Gasteiger partial charge in [0.2, 0.25) is 5.82 Å². The smallest absolute Gasteiger partial charge is 0.200 e. The van der Waals surface area contributed by atoms with Crippen molar-refractivity contribution in [3.05, 3.63) is 101 Å². The maximum absolute atomic E-state index is 13.8. The number of hydrazone groups is 1. The van der Waals surface area contributed by atoms with E-state index in [4.69, 9.17) is 0 Å². The highest BCUT2D eigenvalue weighted by Crippen LogP contribution is 2.27. The number of hydrogen-bond acceptors (Lipinski definition) is 2. The second-order valence-electron chi connectivity index (χ2n) is 6.67. The summed E-state index contributed by atoms with van der Waals surface area (Å²) in [6.45, 7) is 0.416. The molecule has 0 saturated carbocycles. The predicted octanol–water partition coefficient (Wildman–Crippen LogP) is 5.97. The highest BCUT2D eigenvalue weighted by molar-refractivity contribution is 5.99. The number of para-hydroxylation sites is 1. The molecule has 31 heavy (non-hydrogen) atoms. The predicted molar refractivity (Wildman–Crippen MR) is 105 cm³/mol. The second kappa shape index (κ2) is 8.17. The third-order valence-corrected chi connectivity index (χ3v) is 4.68. The Morgan fingerprint density at radius 2 is 1.39 bits per heavy atom. The van der Waals surface area contributed by atoms with Crippen LogP contribution in [0.1, 0.15) is 11.1 Å². The van der Waals surface area contributed by atoms with E-state index in [0.29, 0.717) is 12.1 Å². The highest BCUT2D eigenvalue weighted by Gasteiger charge is 2.25. The van der Waals surface area contributed by atoms with Gasteiger partial charge in [-0.3, -0.25) is 5.43 Å². The standard InChI is InChI=1S/C22H13F6N3/c23-14-7-5-12(6-8-14)10-31-11-13(15-3-1-2-4-16(15)31)9-29-30-22-20(27)18(25)17(24)19(26)21(22)28/h1-9,11,30H,10H2/b29-9-. The average molecular weight is 433 g/mol. The van der Waals surface area contributed by atoms with E-state index in [0.717, 1.165) is 16.5 Å². The van der Waals surface area contributed by atoms with Crippen LogP contribution in [0.4, 0.5) is 32.0 Å². The largest absolute Gasteiger partial charge is 0.342 e. The van der Waals surface area contributed by atoms with Gasteiger partial charge in [-0.15, -0.1) is 0 Å². The topological polar surface area (TPSA) is 29.3 Å². The number of benzene rings is 3. The molecule has 4 aromatic rings. The van der Waals surface area contributed by atoms with Crippen molar-refractivity contribution in [1.29, 1.82) is 0 Å².